The van der Waals surface area contributed by atoms with E-state index in [0.29, 0.717) is 43.4 Å². The van der Waals surface area contributed by atoms with Crippen molar-refractivity contribution in [3.05, 3.63) is 54.1 Å². The Bertz CT molecular complexity index is 1090. The van der Waals surface area contributed by atoms with Crippen LogP contribution in [0.1, 0.15) is 19.4 Å². The largest absolute Gasteiger partial charge is 0.493 e. The number of hydrogen-bond donors (Lipinski definition) is 1. The van der Waals surface area contributed by atoms with E-state index in [0.717, 1.165) is 5.56 Å². The highest BCUT2D eigenvalue weighted by atomic mass is 32.2. The quantitative estimate of drug-likeness (QED) is 0.593. The van der Waals surface area contributed by atoms with Crippen LogP contribution in [-0.4, -0.2) is 70.0 Å². The van der Waals surface area contributed by atoms with Gasteiger partial charge in [0.2, 0.25) is 15.9 Å². The highest BCUT2D eigenvalue weighted by Gasteiger charge is 2.27. The maximum Gasteiger partial charge on any atom is 0.248 e. The second kappa shape index (κ2) is 10.8. The predicted molar refractivity (Wildman–Crippen MR) is 129 cm³/mol. The van der Waals surface area contributed by atoms with Gasteiger partial charge in [-0.2, -0.15) is 4.31 Å². The summed E-state index contributed by atoms with van der Waals surface area (Å²) in [7, 11) is 0.00370. The standard InChI is InChI=1S/C24H31N3O5S/c1-18(2)32-22-11-5-19(17-23(22)31-4)6-12-24(28)25-20-7-9-21(10-8-20)33(29,30)27-15-13-26(3)14-16-27/h5-12,17-18H,13-16H2,1-4H3,(H,25,28)/b12-6+. The van der Waals surface area contributed by atoms with Gasteiger partial charge < -0.3 is 19.7 Å². The first-order chi connectivity index (χ1) is 15.7. The molecule has 9 heteroatoms. The zero-order chi connectivity index (χ0) is 24.0. The van der Waals surface area contributed by atoms with E-state index in [4.69, 9.17) is 9.47 Å². The van der Waals surface area contributed by atoms with Crippen molar-refractivity contribution in [1.29, 1.82) is 0 Å². The summed E-state index contributed by atoms with van der Waals surface area (Å²) in [6.07, 6.45) is 3.10. The fourth-order valence-electron chi connectivity index (χ4n) is 3.38. The van der Waals surface area contributed by atoms with E-state index in [1.165, 1.54) is 22.5 Å². The third kappa shape index (κ3) is 6.56. The maximum atomic E-state index is 12.8. The van der Waals surface area contributed by atoms with Crippen molar-refractivity contribution in [2.45, 2.75) is 24.8 Å². The Hall–Kier alpha value is -2.88. The molecule has 1 amide bonds. The van der Waals surface area contributed by atoms with E-state index in [-0.39, 0.29) is 16.9 Å². The van der Waals surface area contributed by atoms with Crippen molar-refractivity contribution in [2.24, 2.45) is 0 Å². The molecule has 3 rings (SSSR count). The van der Waals surface area contributed by atoms with Crippen LogP contribution in [0, 0.1) is 0 Å². The van der Waals surface area contributed by atoms with Crippen LogP contribution in [-0.2, 0) is 14.8 Å². The number of ether oxygens (including phenoxy) is 2. The molecule has 1 aliphatic heterocycles. The van der Waals surface area contributed by atoms with Crippen molar-refractivity contribution in [2.75, 3.05) is 45.7 Å². The number of hydrogen-bond acceptors (Lipinski definition) is 6. The Balaban J connectivity index is 1.62. The monoisotopic (exact) mass is 473 g/mol. The zero-order valence-electron chi connectivity index (χ0n) is 19.4. The van der Waals surface area contributed by atoms with Gasteiger partial charge in [0.15, 0.2) is 11.5 Å². The van der Waals surface area contributed by atoms with E-state index < -0.39 is 10.0 Å². The van der Waals surface area contributed by atoms with Crippen LogP contribution in [0.2, 0.25) is 0 Å². The van der Waals surface area contributed by atoms with Crippen molar-refractivity contribution in [3.8, 4) is 11.5 Å². The fourth-order valence-corrected chi connectivity index (χ4v) is 4.80. The minimum atomic E-state index is -3.54. The third-order valence-electron chi connectivity index (χ3n) is 5.20. The minimum absolute atomic E-state index is 0.0222. The number of amides is 1. The Kier molecular flexibility index (Phi) is 8.12. The van der Waals surface area contributed by atoms with Crippen LogP contribution in [0.3, 0.4) is 0 Å². The number of anilines is 1. The number of likely N-dealkylation sites (N-methyl/N-ethyl adjacent to an activating group) is 1. The van der Waals surface area contributed by atoms with Gasteiger partial charge in [0.25, 0.3) is 0 Å². The van der Waals surface area contributed by atoms with Gasteiger partial charge in [-0.05, 0) is 68.9 Å². The topological polar surface area (TPSA) is 88.2 Å². The van der Waals surface area contributed by atoms with E-state index >= 15 is 0 Å². The Morgan fingerprint density at radius 2 is 1.70 bits per heavy atom. The Labute approximate surface area is 195 Å². The van der Waals surface area contributed by atoms with E-state index in [2.05, 4.69) is 10.2 Å². The zero-order valence-corrected chi connectivity index (χ0v) is 20.3. The molecule has 1 fully saturated rings. The molecule has 0 bridgehead atoms. The average Bonchev–Trinajstić information content (AvgIpc) is 2.78. The van der Waals surface area contributed by atoms with Crippen molar-refractivity contribution < 1.29 is 22.7 Å². The molecule has 1 aliphatic rings. The molecule has 2 aromatic carbocycles. The number of benzene rings is 2. The number of piperazine rings is 1. The van der Waals surface area contributed by atoms with Gasteiger partial charge in [-0.15, -0.1) is 0 Å². The molecule has 1 N–H and O–H groups in total. The molecule has 33 heavy (non-hydrogen) atoms. The number of methoxy groups -OCH3 is 1. The fraction of sp³-hybridized carbons (Fsp3) is 0.375. The molecular formula is C24H31N3O5S. The normalized spacial score (nSPS) is 15.7. The molecule has 1 saturated heterocycles. The van der Waals surface area contributed by atoms with Crippen LogP contribution in [0.15, 0.2) is 53.4 Å². The van der Waals surface area contributed by atoms with E-state index in [9.17, 15) is 13.2 Å². The highest BCUT2D eigenvalue weighted by Crippen LogP contribution is 2.29. The van der Waals surface area contributed by atoms with Crippen molar-refractivity contribution in [1.82, 2.24) is 9.21 Å². The number of nitrogens with one attached hydrogen (secondary N) is 1. The molecule has 0 aliphatic carbocycles. The first-order valence-corrected chi connectivity index (χ1v) is 12.3. The first kappa shape index (κ1) is 24.8. The lowest BCUT2D eigenvalue weighted by molar-refractivity contribution is -0.111. The molecular weight excluding hydrogens is 442 g/mol. The first-order valence-electron chi connectivity index (χ1n) is 10.8. The van der Waals surface area contributed by atoms with Crippen LogP contribution < -0.4 is 14.8 Å². The smallest absolute Gasteiger partial charge is 0.248 e. The second-order valence-electron chi connectivity index (χ2n) is 8.13. The average molecular weight is 474 g/mol. The predicted octanol–water partition coefficient (Wildman–Crippen LogP) is 3.07. The van der Waals surface area contributed by atoms with Gasteiger partial charge in [-0.1, -0.05) is 6.07 Å². The Morgan fingerprint density at radius 1 is 1.03 bits per heavy atom. The number of carbonyl (C=O) groups is 1. The van der Waals surface area contributed by atoms with Gasteiger partial charge >= 0.3 is 0 Å². The second-order valence-corrected chi connectivity index (χ2v) is 10.1. The molecule has 0 saturated carbocycles. The van der Waals surface area contributed by atoms with Crippen LogP contribution in [0.25, 0.3) is 6.08 Å². The lowest BCUT2D eigenvalue weighted by Crippen LogP contribution is -2.46. The number of carbonyl (C=O) groups excluding carboxylic acids is 1. The number of sulfonamides is 1. The molecule has 0 radical (unpaired) electrons. The van der Waals surface area contributed by atoms with Crippen molar-refractivity contribution in [3.63, 3.8) is 0 Å². The van der Waals surface area contributed by atoms with Crippen LogP contribution in [0.5, 0.6) is 11.5 Å². The van der Waals surface area contributed by atoms with Crippen molar-refractivity contribution >= 4 is 27.7 Å². The van der Waals surface area contributed by atoms with Crippen LogP contribution >= 0.6 is 0 Å². The highest BCUT2D eigenvalue weighted by molar-refractivity contribution is 7.89. The lowest BCUT2D eigenvalue weighted by atomic mass is 10.2. The maximum absolute atomic E-state index is 12.8. The molecule has 1 heterocycles. The third-order valence-corrected chi connectivity index (χ3v) is 7.11. The summed E-state index contributed by atoms with van der Waals surface area (Å²) in [5.74, 6) is 0.898. The van der Waals surface area contributed by atoms with Gasteiger partial charge in [0.1, 0.15) is 0 Å². The van der Waals surface area contributed by atoms with Gasteiger partial charge in [0.05, 0.1) is 18.1 Å². The summed E-state index contributed by atoms with van der Waals surface area (Å²) in [6, 6.07) is 11.7. The lowest BCUT2D eigenvalue weighted by Gasteiger charge is -2.31. The Morgan fingerprint density at radius 3 is 2.30 bits per heavy atom. The van der Waals surface area contributed by atoms with E-state index in [1.54, 1.807) is 37.5 Å². The summed E-state index contributed by atoms with van der Waals surface area (Å²) < 4.78 is 38.2. The summed E-state index contributed by atoms with van der Waals surface area (Å²) >= 11 is 0. The number of nitrogens with zero attached hydrogens (tertiary/aromatic N) is 2. The molecule has 178 valence electrons. The molecule has 0 aromatic heterocycles. The van der Waals surface area contributed by atoms with Gasteiger partial charge in [0, 0.05) is 37.9 Å². The summed E-state index contributed by atoms with van der Waals surface area (Å²) in [6.45, 7) is 6.23. The molecule has 0 unspecified atom stereocenters. The summed E-state index contributed by atoms with van der Waals surface area (Å²) in [4.78, 5) is 14.6. The van der Waals surface area contributed by atoms with Crippen LogP contribution in [0.4, 0.5) is 5.69 Å². The molecule has 8 nitrogen and oxygen atoms in total. The molecule has 0 spiro atoms. The molecule has 0 atom stereocenters. The van der Waals surface area contributed by atoms with Gasteiger partial charge in [-0.3, -0.25) is 4.79 Å². The SMILES string of the molecule is COc1cc(/C=C/C(=O)Nc2ccc(S(=O)(=O)N3CCN(C)CC3)cc2)ccc1OC(C)C. The summed E-state index contributed by atoms with van der Waals surface area (Å²) in [5, 5.41) is 2.75. The minimum Gasteiger partial charge on any atom is -0.493 e. The molecule has 2 aromatic rings. The summed E-state index contributed by atoms with van der Waals surface area (Å²) in [5.41, 5.74) is 1.30. The number of rotatable bonds is 8. The van der Waals surface area contributed by atoms with E-state index in [1.807, 2.05) is 27.0 Å². The van der Waals surface area contributed by atoms with Gasteiger partial charge in [-0.25, -0.2) is 8.42 Å².